The van der Waals surface area contributed by atoms with Crippen LogP contribution >= 0.6 is 15.9 Å². The molecule has 0 fully saturated rings. The third kappa shape index (κ3) is 3.51. The van der Waals surface area contributed by atoms with Crippen LogP contribution in [0.2, 0.25) is 0 Å². The van der Waals surface area contributed by atoms with Gasteiger partial charge < -0.3 is 4.74 Å². The van der Waals surface area contributed by atoms with Crippen molar-refractivity contribution in [3.8, 4) is 11.3 Å². The lowest BCUT2D eigenvalue weighted by Gasteiger charge is -2.10. The molecular formula is C19H14BrNO3. The molecule has 2 aromatic carbocycles. The molecule has 3 rings (SSSR count). The molecule has 0 aliphatic heterocycles. The summed E-state index contributed by atoms with van der Waals surface area (Å²) in [7, 11) is 0. The number of fused-ring (bicyclic) bond motifs is 1. The Morgan fingerprint density at radius 2 is 1.83 bits per heavy atom. The number of halogens is 1. The first-order valence-electron chi connectivity index (χ1n) is 7.37. The van der Waals surface area contributed by atoms with Crippen molar-refractivity contribution in [2.75, 3.05) is 6.61 Å². The molecule has 5 heteroatoms. The number of aromatic nitrogens is 1. The number of hydrogen-bond donors (Lipinski definition) is 0. The van der Waals surface area contributed by atoms with Gasteiger partial charge in [-0.05, 0) is 31.2 Å². The molecule has 0 saturated heterocycles. The number of ether oxygens (including phenoxy) is 1. The second-order valence-electron chi connectivity index (χ2n) is 5.36. The first-order chi connectivity index (χ1) is 11.5. The molecule has 24 heavy (non-hydrogen) atoms. The van der Waals surface area contributed by atoms with Gasteiger partial charge >= 0.3 is 5.97 Å². The maximum Gasteiger partial charge on any atom is 0.339 e. The number of rotatable bonds is 4. The van der Waals surface area contributed by atoms with Crippen molar-refractivity contribution < 1.29 is 14.3 Å². The van der Waals surface area contributed by atoms with Crippen molar-refractivity contribution in [2.45, 2.75) is 6.92 Å². The van der Waals surface area contributed by atoms with Gasteiger partial charge in [0.05, 0.1) is 16.8 Å². The van der Waals surface area contributed by atoms with Gasteiger partial charge in [0, 0.05) is 15.4 Å². The molecule has 1 aromatic heterocycles. The third-order valence-electron chi connectivity index (χ3n) is 3.47. The second-order valence-corrected chi connectivity index (χ2v) is 6.28. The van der Waals surface area contributed by atoms with Crippen LogP contribution in [0.3, 0.4) is 0 Å². The maximum atomic E-state index is 12.4. The summed E-state index contributed by atoms with van der Waals surface area (Å²) in [5.74, 6) is -0.737. The summed E-state index contributed by atoms with van der Waals surface area (Å²) in [6.07, 6.45) is 0. The lowest BCUT2D eigenvalue weighted by Crippen LogP contribution is -2.12. The van der Waals surface area contributed by atoms with Gasteiger partial charge in [-0.15, -0.1) is 0 Å². The molecule has 0 bridgehead atoms. The van der Waals surface area contributed by atoms with Crippen LogP contribution < -0.4 is 0 Å². The Balaban J connectivity index is 2.15. The van der Waals surface area contributed by atoms with Crippen LogP contribution in [0.15, 0.2) is 59.1 Å². The van der Waals surface area contributed by atoms with Crippen LogP contribution in [0.1, 0.15) is 17.3 Å². The fraction of sp³-hybridized carbons (Fsp3) is 0.105. The van der Waals surface area contributed by atoms with Gasteiger partial charge in [0.25, 0.3) is 0 Å². The van der Waals surface area contributed by atoms with Gasteiger partial charge in [0.2, 0.25) is 0 Å². The monoisotopic (exact) mass is 383 g/mol. The molecular weight excluding hydrogens is 370 g/mol. The molecule has 0 aliphatic carbocycles. The van der Waals surface area contributed by atoms with Gasteiger partial charge in [0.1, 0.15) is 6.61 Å². The summed E-state index contributed by atoms with van der Waals surface area (Å²) in [5.41, 5.74) is 2.67. The summed E-state index contributed by atoms with van der Waals surface area (Å²) < 4.78 is 5.93. The topological polar surface area (TPSA) is 56.3 Å². The Morgan fingerprint density at radius 3 is 2.54 bits per heavy atom. The first kappa shape index (κ1) is 16.3. The van der Waals surface area contributed by atoms with Crippen molar-refractivity contribution in [1.29, 1.82) is 0 Å². The van der Waals surface area contributed by atoms with E-state index in [2.05, 4.69) is 20.9 Å². The first-order valence-corrected chi connectivity index (χ1v) is 8.16. The number of pyridine rings is 1. The lowest BCUT2D eigenvalue weighted by molar-refractivity contribution is -0.120. The van der Waals surface area contributed by atoms with Crippen molar-refractivity contribution in [2.24, 2.45) is 0 Å². The lowest BCUT2D eigenvalue weighted by atomic mass is 10.0. The van der Waals surface area contributed by atoms with Gasteiger partial charge in [-0.1, -0.05) is 46.3 Å². The molecule has 0 radical (unpaired) electrons. The summed E-state index contributed by atoms with van der Waals surface area (Å²) in [6.45, 7) is 1.14. The number of Topliss-reactive ketones (excluding diaryl/α,β-unsaturated/α-hetero) is 1. The van der Waals surface area contributed by atoms with E-state index in [1.54, 1.807) is 6.07 Å². The minimum atomic E-state index is -0.534. The van der Waals surface area contributed by atoms with E-state index in [9.17, 15) is 9.59 Å². The standard InChI is InChI=1S/C19H14BrNO3/c1-12(22)11-24-19(23)16-10-18(13-5-3-2-4-6-13)21-17-8-7-14(20)9-15(16)17/h2-10H,11H2,1H3. The highest BCUT2D eigenvalue weighted by molar-refractivity contribution is 9.10. The fourth-order valence-electron chi connectivity index (χ4n) is 2.37. The van der Waals surface area contributed by atoms with Gasteiger partial charge in [0.15, 0.2) is 5.78 Å². The minimum Gasteiger partial charge on any atom is -0.454 e. The van der Waals surface area contributed by atoms with Crippen molar-refractivity contribution in [3.05, 3.63) is 64.6 Å². The normalized spacial score (nSPS) is 10.6. The Morgan fingerprint density at radius 1 is 1.08 bits per heavy atom. The van der Waals surface area contributed by atoms with E-state index in [-0.39, 0.29) is 12.4 Å². The third-order valence-corrected chi connectivity index (χ3v) is 3.96. The number of carbonyl (C=O) groups excluding carboxylic acids is 2. The zero-order valence-corrected chi connectivity index (χ0v) is 14.5. The minimum absolute atomic E-state index is 0.203. The van der Waals surface area contributed by atoms with E-state index in [1.807, 2.05) is 48.5 Å². The fourth-order valence-corrected chi connectivity index (χ4v) is 2.73. The SMILES string of the molecule is CC(=O)COC(=O)c1cc(-c2ccccc2)nc2ccc(Br)cc12. The smallest absolute Gasteiger partial charge is 0.339 e. The second kappa shape index (κ2) is 6.93. The van der Waals surface area contributed by atoms with Crippen molar-refractivity contribution >= 4 is 38.6 Å². The summed E-state index contributed by atoms with van der Waals surface area (Å²) in [6, 6.07) is 16.8. The van der Waals surface area contributed by atoms with Gasteiger partial charge in [-0.25, -0.2) is 9.78 Å². The number of ketones is 1. The number of benzene rings is 2. The van der Waals surface area contributed by atoms with E-state index in [0.29, 0.717) is 22.2 Å². The number of carbonyl (C=O) groups is 2. The quantitative estimate of drug-likeness (QED) is 0.626. The van der Waals surface area contributed by atoms with E-state index in [1.165, 1.54) is 6.92 Å². The summed E-state index contributed by atoms with van der Waals surface area (Å²) in [5, 5.41) is 0.678. The van der Waals surface area contributed by atoms with Crippen molar-refractivity contribution in [3.63, 3.8) is 0 Å². The zero-order chi connectivity index (χ0) is 17.1. The Kier molecular flexibility index (Phi) is 4.71. The molecule has 120 valence electrons. The molecule has 1 heterocycles. The molecule has 3 aromatic rings. The average Bonchev–Trinajstić information content (AvgIpc) is 2.59. The van der Waals surface area contributed by atoms with Crippen LogP contribution in [0.5, 0.6) is 0 Å². The maximum absolute atomic E-state index is 12.4. The van der Waals surface area contributed by atoms with Crippen LogP contribution in [0, 0.1) is 0 Å². The number of esters is 1. The highest BCUT2D eigenvalue weighted by Crippen LogP contribution is 2.27. The molecule has 0 spiro atoms. The summed E-state index contributed by atoms with van der Waals surface area (Å²) >= 11 is 3.41. The highest BCUT2D eigenvalue weighted by atomic mass is 79.9. The summed E-state index contributed by atoms with van der Waals surface area (Å²) in [4.78, 5) is 28.2. The number of hydrogen-bond acceptors (Lipinski definition) is 4. The molecule has 0 N–H and O–H groups in total. The van der Waals surface area contributed by atoms with Crippen LogP contribution in [-0.4, -0.2) is 23.3 Å². The average molecular weight is 384 g/mol. The molecule has 4 nitrogen and oxygen atoms in total. The van der Waals surface area contributed by atoms with Crippen LogP contribution in [-0.2, 0) is 9.53 Å². The molecule has 0 amide bonds. The predicted molar refractivity (Wildman–Crippen MR) is 95.8 cm³/mol. The predicted octanol–water partition coefficient (Wildman–Crippen LogP) is 4.41. The largest absolute Gasteiger partial charge is 0.454 e. The highest BCUT2D eigenvalue weighted by Gasteiger charge is 2.16. The molecule has 0 aliphatic rings. The van der Waals surface area contributed by atoms with Crippen LogP contribution in [0.25, 0.3) is 22.2 Å². The van der Waals surface area contributed by atoms with E-state index >= 15 is 0 Å². The number of nitrogens with zero attached hydrogens (tertiary/aromatic N) is 1. The molecule has 0 saturated carbocycles. The van der Waals surface area contributed by atoms with E-state index in [0.717, 1.165) is 10.0 Å². The van der Waals surface area contributed by atoms with Gasteiger partial charge in [-0.3, -0.25) is 4.79 Å². The van der Waals surface area contributed by atoms with Crippen molar-refractivity contribution in [1.82, 2.24) is 4.98 Å². The van der Waals surface area contributed by atoms with E-state index < -0.39 is 5.97 Å². The Hall–Kier alpha value is -2.53. The van der Waals surface area contributed by atoms with E-state index in [4.69, 9.17) is 4.74 Å². The molecule has 0 atom stereocenters. The molecule has 0 unspecified atom stereocenters. The van der Waals surface area contributed by atoms with Gasteiger partial charge in [-0.2, -0.15) is 0 Å². The zero-order valence-electron chi connectivity index (χ0n) is 13.0. The Bertz CT molecular complexity index is 923. The van der Waals surface area contributed by atoms with Crippen LogP contribution in [0.4, 0.5) is 0 Å². The Labute approximate surface area is 147 Å².